The molecule has 106 valence electrons. The molecule has 1 aliphatic rings. The molecule has 3 rings (SSSR count). The van der Waals surface area contributed by atoms with E-state index in [4.69, 9.17) is 17.0 Å². The summed E-state index contributed by atoms with van der Waals surface area (Å²) in [7, 11) is 0. The first-order valence-corrected chi connectivity index (χ1v) is 8.15. The smallest absolute Gasteiger partial charge is 0.137 e. The lowest BCUT2D eigenvalue weighted by molar-refractivity contribution is 0.114. The molecule has 0 amide bonds. The van der Waals surface area contributed by atoms with Crippen LogP contribution in [-0.2, 0) is 10.5 Å². The van der Waals surface area contributed by atoms with Crippen LogP contribution in [0.5, 0.6) is 0 Å². The van der Waals surface area contributed by atoms with Crippen LogP contribution in [0, 0.1) is 0 Å². The summed E-state index contributed by atoms with van der Waals surface area (Å²) in [4.78, 5) is 4.55. The van der Waals surface area contributed by atoms with Crippen molar-refractivity contribution in [1.29, 1.82) is 0 Å². The van der Waals surface area contributed by atoms with Crippen molar-refractivity contribution in [3.05, 3.63) is 36.3 Å². The number of aromatic nitrogens is 2. The molecule has 4 nitrogen and oxygen atoms in total. The molecule has 0 radical (unpaired) electrons. The van der Waals surface area contributed by atoms with Gasteiger partial charge in [0.1, 0.15) is 9.97 Å². The quantitative estimate of drug-likeness (QED) is 0.879. The largest absolute Gasteiger partial charge is 0.376 e. The van der Waals surface area contributed by atoms with Crippen molar-refractivity contribution in [3.63, 3.8) is 0 Å². The Morgan fingerprint density at radius 2 is 2.50 bits per heavy atom. The van der Waals surface area contributed by atoms with Gasteiger partial charge in [0.15, 0.2) is 0 Å². The van der Waals surface area contributed by atoms with E-state index < -0.39 is 0 Å². The maximum absolute atomic E-state index is 5.56. The molecule has 1 aliphatic heterocycles. The normalized spacial score (nSPS) is 18.5. The SMILES string of the molecule is S=C(NCC1CCCO1)SCc1cn2ccccc2n1. The minimum Gasteiger partial charge on any atom is -0.376 e. The molecule has 2 aromatic heterocycles. The molecule has 0 aromatic carbocycles. The number of nitrogens with zero attached hydrogens (tertiary/aromatic N) is 2. The van der Waals surface area contributed by atoms with E-state index in [1.54, 1.807) is 11.8 Å². The summed E-state index contributed by atoms with van der Waals surface area (Å²) in [5.41, 5.74) is 2.02. The van der Waals surface area contributed by atoms with Crippen molar-refractivity contribution in [2.24, 2.45) is 0 Å². The summed E-state index contributed by atoms with van der Waals surface area (Å²) in [5.74, 6) is 0.791. The molecule has 0 spiro atoms. The zero-order chi connectivity index (χ0) is 13.8. The Hall–Kier alpha value is -1.11. The van der Waals surface area contributed by atoms with Gasteiger partial charge in [0, 0.05) is 31.3 Å². The molecule has 6 heteroatoms. The number of hydrogen-bond donors (Lipinski definition) is 1. The van der Waals surface area contributed by atoms with Gasteiger partial charge in [-0.05, 0) is 25.0 Å². The van der Waals surface area contributed by atoms with Crippen LogP contribution in [0.2, 0.25) is 0 Å². The van der Waals surface area contributed by atoms with Gasteiger partial charge in [-0.2, -0.15) is 0 Å². The first kappa shape index (κ1) is 13.9. The molecular weight excluding hydrogens is 290 g/mol. The molecule has 1 saturated heterocycles. The zero-order valence-electron chi connectivity index (χ0n) is 11.1. The number of fused-ring (bicyclic) bond motifs is 1. The van der Waals surface area contributed by atoms with Crippen LogP contribution >= 0.6 is 24.0 Å². The van der Waals surface area contributed by atoms with Gasteiger partial charge in [-0.25, -0.2) is 4.98 Å². The first-order valence-electron chi connectivity index (χ1n) is 6.76. The molecule has 0 bridgehead atoms. The van der Waals surface area contributed by atoms with Crippen molar-refractivity contribution < 1.29 is 4.74 Å². The van der Waals surface area contributed by atoms with Gasteiger partial charge in [0.2, 0.25) is 0 Å². The van der Waals surface area contributed by atoms with E-state index >= 15 is 0 Å². The van der Waals surface area contributed by atoms with E-state index in [1.165, 1.54) is 0 Å². The summed E-state index contributed by atoms with van der Waals surface area (Å²) in [6, 6.07) is 5.99. The molecule has 1 N–H and O–H groups in total. The number of rotatable bonds is 4. The molecule has 0 aliphatic carbocycles. The van der Waals surface area contributed by atoms with E-state index in [9.17, 15) is 0 Å². The molecule has 3 heterocycles. The summed E-state index contributed by atoms with van der Waals surface area (Å²) >= 11 is 6.95. The molecular formula is C14H17N3OS2. The van der Waals surface area contributed by atoms with Gasteiger partial charge < -0.3 is 14.5 Å². The van der Waals surface area contributed by atoms with Crippen LogP contribution in [0.25, 0.3) is 5.65 Å². The van der Waals surface area contributed by atoms with E-state index in [0.717, 1.165) is 47.4 Å². The molecule has 2 aromatic rings. The summed E-state index contributed by atoms with van der Waals surface area (Å²) in [6.45, 7) is 1.70. The third-order valence-corrected chi connectivity index (χ3v) is 4.61. The minimum absolute atomic E-state index is 0.323. The number of thiocarbonyl (C=S) groups is 1. The number of pyridine rings is 1. The lowest BCUT2D eigenvalue weighted by Gasteiger charge is -2.11. The Balaban J connectivity index is 1.47. The lowest BCUT2D eigenvalue weighted by atomic mass is 10.2. The summed E-state index contributed by atoms with van der Waals surface area (Å²) in [5, 5.41) is 3.26. The molecule has 1 atom stereocenters. The van der Waals surface area contributed by atoms with Crippen LogP contribution in [0.3, 0.4) is 0 Å². The second kappa shape index (κ2) is 6.56. The van der Waals surface area contributed by atoms with E-state index in [-0.39, 0.29) is 0 Å². The average molecular weight is 307 g/mol. The predicted molar refractivity (Wildman–Crippen MR) is 86.1 cm³/mol. The van der Waals surface area contributed by atoms with E-state index in [0.29, 0.717) is 6.10 Å². The fraction of sp³-hybridized carbons (Fsp3) is 0.429. The second-order valence-electron chi connectivity index (χ2n) is 4.79. The fourth-order valence-electron chi connectivity index (χ4n) is 2.25. The van der Waals surface area contributed by atoms with Gasteiger partial charge in [-0.1, -0.05) is 30.0 Å². The average Bonchev–Trinajstić information content (AvgIpc) is 3.11. The van der Waals surface area contributed by atoms with Gasteiger partial charge in [0.25, 0.3) is 0 Å². The summed E-state index contributed by atoms with van der Waals surface area (Å²) in [6.07, 6.45) is 6.67. The highest BCUT2D eigenvalue weighted by Gasteiger charge is 2.15. The van der Waals surface area contributed by atoms with Crippen molar-refractivity contribution in [2.75, 3.05) is 13.2 Å². The van der Waals surface area contributed by atoms with E-state index in [2.05, 4.69) is 10.3 Å². The van der Waals surface area contributed by atoms with Gasteiger partial charge >= 0.3 is 0 Å². The van der Waals surface area contributed by atoms with Crippen molar-refractivity contribution >= 4 is 33.9 Å². The van der Waals surface area contributed by atoms with Crippen LogP contribution < -0.4 is 5.32 Å². The monoisotopic (exact) mass is 307 g/mol. The Kier molecular flexibility index (Phi) is 4.54. The van der Waals surface area contributed by atoms with Gasteiger partial charge in [-0.15, -0.1) is 0 Å². The maximum Gasteiger partial charge on any atom is 0.137 e. The highest BCUT2D eigenvalue weighted by atomic mass is 32.2. The maximum atomic E-state index is 5.56. The Morgan fingerprint density at radius 1 is 1.55 bits per heavy atom. The van der Waals surface area contributed by atoms with Crippen molar-refractivity contribution in [1.82, 2.24) is 14.7 Å². The minimum atomic E-state index is 0.323. The van der Waals surface area contributed by atoms with E-state index in [1.807, 2.05) is 35.0 Å². The van der Waals surface area contributed by atoms with Gasteiger partial charge in [-0.3, -0.25) is 0 Å². The highest BCUT2D eigenvalue weighted by Crippen LogP contribution is 2.15. The number of ether oxygens (including phenoxy) is 1. The topological polar surface area (TPSA) is 38.6 Å². The Labute approximate surface area is 127 Å². The van der Waals surface area contributed by atoms with Gasteiger partial charge in [0.05, 0.1) is 11.8 Å². The van der Waals surface area contributed by atoms with Crippen molar-refractivity contribution in [3.8, 4) is 0 Å². The third kappa shape index (κ3) is 3.50. The van der Waals surface area contributed by atoms with Crippen molar-refractivity contribution in [2.45, 2.75) is 24.7 Å². The molecule has 0 saturated carbocycles. The van der Waals surface area contributed by atoms with Crippen LogP contribution in [-0.4, -0.2) is 33.0 Å². The van der Waals surface area contributed by atoms with Crippen LogP contribution in [0.4, 0.5) is 0 Å². The van der Waals surface area contributed by atoms with Crippen LogP contribution in [0.1, 0.15) is 18.5 Å². The number of nitrogens with one attached hydrogen (secondary N) is 1. The van der Waals surface area contributed by atoms with Crippen LogP contribution in [0.15, 0.2) is 30.6 Å². The standard InChI is InChI=1S/C14H17N3OS2/c19-14(15-8-12-4-3-7-18-12)20-10-11-9-17-6-2-1-5-13(17)16-11/h1-2,5-6,9,12H,3-4,7-8,10H2,(H,15,19). The zero-order valence-corrected chi connectivity index (χ0v) is 12.8. The number of thioether (sulfide) groups is 1. The second-order valence-corrected chi connectivity index (χ2v) is 6.44. The number of imidazole rings is 1. The summed E-state index contributed by atoms with van der Waals surface area (Å²) < 4.78 is 8.40. The molecule has 1 unspecified atom stereocenters. The first-order chi connectivity index (χ1) is 9.81. The number of hydrogen-bond acceptors (Lipinski definition) is 4. The Morgan fingerprint density at radius 3 is 3.30 bits per heavy atom. The fourth-order valence-corrected chi connectivity index (χ4v) is 3.11. The predicted octanol–water partition coefficient (Wildman–Crippen LogP) is 2.62. The highest BCUT2D eigenvalue weighted by molar-refractivity contribution is 8.22. The molecule has 20 heavy (non-hydrogen) atoms. The molecule has 1 fully saturated rings. The lowest BCUT2D eigenvalue weighted by Crippen LogP contribution is -2.28. The Bertz CT molecular complexity index is 560. The third-order valence-electron chi connectivity index (χ3n) is 3.26.